The summed E-state index contributed by atoms with van der Waals surface area (Å²) < 4.78 is 47.9. The predicted octanol–water partition coefficient (Wildman–Crippen LogP) is 7.86. The molecule has 4 heterocycles. The van der Waals surface area contributed by atoms with E-state index in [1.807, 2.05) is 6.92 Å². The van der Waals surface area contributed by atoms with Gasteiger partial charge in [-0.2, -0.15) is 0 Å². The van der Waals surface area contributed by atoms with Crippen LogP contribution < -0.4 is 5.73 Å². The molecule has 0 aliphatic carbocycles. The maximum atomic E-state index is 11.3. The summed E-state index contributed by atoms with van der Waals surface area (Å²) in [5.74, 6) is 2.04. The highest BCUT2D eigenvalue weighted by atomic mass is 16.7. The number of azide groups is 1. The van der Waals surface area contributed by atoms with Crippen LogP contribution in [0.5, 0.6) is 0 Å². The summed E-state index contributed by atoms with van der Waals surface area (Å²) in [6, 6.07) is 0. The molecule has 0 aromatic heterocycles. The number of rotatable bonds is 11. The highest BCUT2D eigenvalue weighted by Gasteiger charge is 2.48. The van der Waals surface area contributed by atoms with Crippen molar-refractivity contribution in [2.45, 2.75) is 179 Å². The normalized spacial score (nSPS) is 44.4. The highest BCUT2D eigenvalue weighted by molar-refractivity contribution is 5.66. The Bertz CT molecular complexity index is 1240. The van der Waals surface area contributed by atoms with E-state index in [2.05, 4.69) is 86.2 Å². The minimum atomic E-state index is -0.618. The van der Waals surface area contributed by atoms with Crippen molar-refractivity contribution in [3.05, 3.63) is 10.4 Å². The fraction of sp³-hybridized carbons (Fsp3) is 0.951. The summed E-state index contributed by atoms with van der Waals surface area (Å²) >= 11 is 0. The van der Waals surface area contributed by atoms with Gasteiger partial charge in [-0.3, -0.25) is 9.59 Å². The Morgan fingerprint density at radius 1 is 0.582 bits per heavy atom. The smallest absolute Gasteiger partial charge is 0.302 e. The lowest BCUT2D eigenvalue weighted by Gasteiger charge is -2.48. The van der Waals surface area contributed by atoms with Gasteiger partial charge < -0.3 is 43.6 Å². The third-order valence-corrected chi connectivity index (χ3v) is 13.5. The molecule has 4 aliphatic rings. The van der Waals surface area contributed by atoms with E-state index in [-0.39, 0.29) is 111 Å². The molecule has 4 rings (SSSR count). The third kappa shape index (κ3) is 12.2. The number of nitrogens with two attached hydrogens (primary N) is 1. The van der Waals surface area contributed by atoms with Gasteiger partial charge in [-0.1, -0.05) is 95.6 Å². The number of carbonyl (C=O) groups is 2. The minimum absolute atomic E-state index is 0. The second kappa shape index (κ2) is 22.2. The Morgan fingerprint density at radius 2 is 0.982 bits per heavy atom. The fourth-order valence-electron chi connectivity index (χ4n) is 8.42. The first-order valence-corrected chi connectivity index (χ1v) is 20.4. The summed E-state index contributed by atoms with van der Waals surface area (Å²) in [5, 5.41) is 3.77. The van der Waals surface area contributed by atoms with Crippen LogP contribution in [0.2, 0.25) is 0 Å². The van der Waals surface area contributed by atoms with Gasteiger partial charge in [0.2, 0.25) is 0 Å². The van der Waals surface area contributed by atoms with Crippen LogP contribution in [0.3, 0.4) is 0 Å². The molecule has 0 aromatic carbocycles. The van der Waals surface area contributed by atoms with Gasteiger partial charge >= 0.3 is 11.9 Å². The quantitative estimate of drug-likeness (QED) is 0.0932. The van der Waals surface area contributed by atoms with Crippen molar-refractivity contribution in [2.75, 3.05) is 13.2 Å². The average Bonchev–Trinajstić information content (AvgIpc) is 3.13. The van der Waals surface area contributed by atoms with Gasteiger partial charge in [0, 0.05) is 36.5 Å². The number of esters is 2. The molecular weight excluding hydrogens is 708 g/mol. The zero-order valence-corrected chi connectivity index (χ0v) is 35.4. The molecule has 0 spiro atoms. The Hall–Kier alpha value is -2.03. The van der Waals surface area contributed by atoms with E-state index >= 15 is 0 Å². The van der Waals surface area contributed by atoms with Crippen LogP contribution in [0, 0.1) is 59.2 Å². The van der Waals surface area contributed by atoms with E-state index in [9.17, 15) is 9.59 Å². The molecule has 14 heteroatoms. The van der Waals surface area contributed by atoms with E-state index in [0.29, 0.717) is 23.7 Å². The largest absolute Gasteiger partial charge is 0.463 e. The van der Waals surface area contributed by atoms with Crippen LogP contribution in [0.25, 0.3) is 10.4 Å². The van der Waals surface area contributed by atoms with Gasteiger partial charge in [0.1, 0.15) is 37.9 Å². The van der Waals surface area contributed by atoms with E-state index in [1.165, 1.54) is 13.8 Å². The number of carbonyl (C=O) groups excluding carboxylic acids is 2. The van der Waals surface area contributed by atoms with Gasteiger partial charge in [-0.25, -0.2) is 0 Å². The lowest BCUT2D eigenvalue weighted by atomic mass is 9.78. The van der Waals surface area contributed by atoms with Crippen LogP contribution in [0.15, 0.2) is 5.11 Å². The molecular formula is C41H76N4O10. The molecule has 0 saturated carbocycles. The van der Waals surface area contributed by atoms with Crippen molar-refractivity contribution in [3.8, 4) is 0 Å². The zero-order chi connectivity index (χ0) is 40.6. The molecule has 0 bridgehead atoms. The van der Waals surface area contributed by atoms with Crippen LogP contribution in [0.4, 0.5) is 0 Å². The first-order chi connectivity index (χ1) is 25.4. The number of hydrogen-bond acceptors (Lipinski definition) is 12. The summed E-state index contributed by atoms with van der Waals surface area (Å²) in [5.41, 5.74) is 15.0. The van der Waals surface area contributed by atoms with Crippen molar-refractivity contribution in [3.63, 3.8) is 0 Å². The first kappa shape index (κ1) is 49.1. The molecule has 0 amide bonds. The van der Waals surface area contributed by atoms with E-state index in [1.54, 1.807) is 0 Å². The minimum Gasteiger partial charge on any atom is -0.463 e. The third-order valence-electron chi connectivity index (χ3n) is 13.5. The van der Waals surface area contributed by atoms with Gasteiger partial charge in [-0.15, -0.1) is 0 Å². The second-order valence-electron chi connectivity index (χ2n) is 16.7. The summed E-state index contributed by atoms with van der Waals surface area (Å²) in [4.78, 5) is 25.5. The zero-order valence-electron chi connectivity index (χ0n) is 35.4. The highest BCUT2D eigenvalue weighted by Crippen LogP contribution is 2.42. The van der Waals surface area contributed by atoms with Crippen molar-refractivity contribution in [1.82, 2.24) is 0 Å². The van der Waals surface area contributed by atoms with Crippen LogP contribution in [-0.2, 0) is 47.5 Å². The predicted molar refractivity (Wildman–Crippen MR) is 210 cm³/mol. The van der Waals surface area contributed by atoms with Crippen molar-refractivity contribution in [1.29, 1.82) is 0 Å². The number of hydrogen-bond donors (Lipinski definition) is 1. The molecule has 14 nitrogen and oxygen atoms in total. The SMILES string of the molecule is C.CCC1OC(OC2C(COC(C)=O)OC(N)C(C)C2C)C(C)C(C)C1C.CCC1OC(OC2C(COC(C)=O)OC(N=[N+]=[N-])C(C)C2C)C(C)C(C)C1C. The van der Waals surface area contributed by atoms with Crippen LogP contribution in [-0.4, -0.2) is 86.8 Å². The molecule has 320 valence electrons. The van der Waals surface area contributed by atoms with Gasteiger partial charge in [-0.05, 0) is 59.8 Å². The maximum absolute atomic E-state index is 11.3. The molecule has 55 heavy (non-hydrogen) atoms. The average molecular weight is 785 g/mol. The van der Waals surface area contributed by atoms with Gasteiger partial charge in [0.25, 0.3) is 0 Å². The van der Waals surface area contributed by atoms with E-state index in [0.717, 1.165) is 12.8 Å². The molecule has 4 aliphatic heterocycles. The Kier molecular flexibility index (Phi) is 19.8. The standard InChI is InChI=1S/C20H35N3O5.C20H37NO5.CH4/c1-8-16-11(3)10(2)14(6)20(27-16)28-18-12(4)13(5)19(22-23-21)26-17(18)9-25-15(7)24;1-8-16-11(3)10(2)14(6)20(25-16)26-18-12(4)13(5)19(21)24-17(18)9-23-15(7)22;/h10-14,16-20H,8-9H2,1-7H3;10-14,16-20H,8-9,21H2,1-7H3;1H4. The van der Waals surface area contributed by atoms with E-state index in [4.69, 9.17) is 49.2 Å². The Labute approximate surface area is 331 Å². The van der Waals surface area contributed by atoms with Crippen LogP contribution in [0.1, 0.15) is 117 Å². The van der Waals surface area contributed by atoms with E-state index < -0.39 is 18.6 Å². The first-order valence-electron chi connectivity index (χ1n) is 20.4. The lowest BCUT2D eigenvalue weighted by molar-refractivity contribution is -0.302. The van der Waals surface area contributed by atoms with Gasteiger partial charge in [0.05, 0.1) is 24.4 Å². The van der Waals surface area contributed by atoms with Crippen molar-refractivity contribution < 1.29 is 47.5 Å². The van der Waals surface area contributed by atoms with Crippen LogP contribution >= 0.6 is 0 Å². The topological polar surface area (TPSA) is 183 Å². The van der Waals surface area contributed by atoms with Crippen molar-refractivity contribution in [2.24, 2.45) is 70.0 Å². The number of nitrogens with zero attached hydrogens (tertiary/aromatic N) is 3. The maximum Gasteiger partial charge on any atom is 0.302 e. The molecule has 4 saturated heterocycles. The van der Waals surface area contributed by atoms with Gasteiger partial charge in [0.15, 0.2) is 12.6 Å². The Balaban J connectivity index is 0.000000374. The Morgan fingerprint density at radius 3 is 1.36 bits per heavy atom. The summed E-state index contributed by atoms with van der Waals surface area (Å²) in [6.07, 6.45) is -0.868. The molecule has 4 fully saturated rings. The summed E-state index contributed by atoms with van der Waals surface area (Å²) in [6.45, 7) is 28.8. The second-order valence-corrected chi connectivity index (χ2v) is 16.7. The monoisotopic (exact) mass is 785 g/mol. The summed E-state index contributed by atoms with van der Waals surface area (Å²) in [7, 11) is 0. The fourth-order valence-corrected chi connectivity index (χ4v) is 8.42. The molecule has 0 aromatic rings. The molecule has 20 atom stereocenters. The molecule has 0 radical (unpaired) electrons. The molecule has 20 unspecified atom stereocenters. The van der Waals surface area contributed by atoms with Crippen molar-refractivity contribution >= 4 is 11.9 Å². The molecule has 2 N–H and O–H groups in total. The lowest BCUT2D eigenvalue weighted by Crippen LogP contribution is -2.57. The number of ether oxygens (including phenoxy) is 8.